The van der Waals surface area contributed by atoms with Crippen molar-refractivity contribution in [1.29, 1.82) is 0 Å². The van der Waals surface area contributed by atoms with Gasteiger partial charge in [0, 0.05) is 33.0 Å². The van der Waals surface area contributed by atoms with Gasteiger partial charge in [0.2, 0.25) is 0 Å². The lowest BCUT2D eigenvalue weighted by Crippen LogP contribution is -2.40. The van der Waals surface area contributed by atoms with Crippen LogP contribution in [0, 0.1) is 0 Å². The molecule has 1 saturated heterocycles. The molecule has 0 spiro atoms. The molecule has 4 rings (SSSR count). The van der Waals surface area contributed by atoms with Crippen LogP contribution in [0.2, 0.25) is 0 Å². The Kier molecular flexibility index (Phi) is 7.74. The number of aryl methyl sites for hydroxylation is 1. The fourth-order valence-electron chi connectivity index (χ4n) is 4.02. The molecule has 14 heteroatoms. The van der Waals surface area contributed by atoms with E-state index in [0.717, 1.165) is 0 Å². The largest absolute Gasteiger partial charge is 0.573 e. The molecule has 1 aliphatic heterocycles. The van der Waals surface area contributed by atoms with Crippen molar-refractivity contribution in [3.05, 3.63) is 46.9 Å². The van der Waals surface area contributed by atoms with Crippen LogP contribution in [-0.2, 0) is 11.8 Å². The number of halogens is 3. The first-order valence-electron chi connectivity index (χ1n) is 12.2. The van der Waals surface area contributed by atoms with E-state index in [0.29, 0.717) is 54.3 Å². The number of nitrogens with zero attached hydrogens (tertiary/aromatic N) is 4. The molecule has 0 saturated carbocycles. The van der Waals surface area contributed by atoms with Crippen molar-refractivity contribution < 1.29 is 32.2 Å². The number of hydrazine groups is 1. The van der Waals surface area contributed by atoms with Gasteiger partial charge in [-0.2, -0.15) is 4.98 Å². The van der Waals surface area contributed by atoms with E-state index in [4.69, 9.17) is 9.47 Å². The number of carbonyl (C=O) groups excluding carboxylic acids is 1. The minimum absolute atomic E-state index is 0.184. The van der Waals surface area contributed by atoms with Crippen molar-refractivity contribution in [2.24, 2.45) is 7.05 Å². The molecule has 3 aromatic rings. The molecule has 2 N–H and O–H groups in total. The van der Waals surface area contributed by atoms with Gasteiger partial charge in [-0.1, -0.05) is 0 Å². The van der Waals surface area contributed by atoms with Crippen LogP contribution in [0.25, 0.3) is 11.0 Å². The molecule has 39 heavy (non-hydrogen) atoms. The number of piperidine rings is 1. The Hall–Kier alpha value is -4.23. The van der Waals surface area contributed by atoms with Gasteiger partial charge in [-0.15, -0.1) is 13.2 Å². The van der Waals surface area contributed by atoms with E-state index < -0.39 is 23.7 Å². The number of benzene rings is 1. The smallest absolute Gasteiger partial charge is 0.490 e. The zero-order valence-electron chi connectivity index (χ0n) is 21.8. The Balaban J connectivity index is 1.44. The van der Waals surface area contributed by atoms with Gasteiger partial charge in [0.1, 0.15) is 34.5 Å². The van der Waals surface area contributed by atoms with Crippen molar-refractivity contribution in [2.75, 3.05) is 23.4 Å². The number of amides is 1. The third kappa shape index (κ3) is 7.42. The van der Waals surface area contributed by atoms with Crippen LogP contribution in [0.3, 0.4) is 0 Å². The third-order valence-electron chi connectivity index (χ3n) is 5.73. The highest BCUT2D eigenvalue weighted by molar-refractivity contribution is 5.87. The van der Waals surface area contributed by atoms with Gasteiger partial charge < -0.3 is 19.1 Å². The SMILES string of the molecule is Cn1c(=O)nc(N2CCC(Oc3ccc(OC(F)(F)F)cc3)CC2)c2nc(NNC(=O)OC(C)(C)C)ccc21. The lowest BCUT2D eigenvalue weighted by atomic mass is 10.1. The van der Waals surface area contributed by atoms with Gasteiger partial charge in [0.15, 0.2) is 5.82 Å². The summed E-state index contributed by atoms with van der Waals surface area (Å²) in [7, 11) is 1.60. The fourth-order valence-corrected chi connectivity index (χ4v) is 4.02. The van der Waals surface area contributed by atoms with Crippen LogP contribution in [-0.4, -0.2) is 51.8 Å². The molecule has 11 nitrogen and oxygen atoms in total. The summed E-state index contributed by atoms with van der Waals surface area (Å²) in [6, 6.07) is 8.57. The minimum atomic E-state index is -4.76. The van der Waals surface area contributed by atoms with Gasteiger partial charge in [-0.25, -0.2) is 20.0 Å². The van der Waals surface area contributed by atoms with Crippen LogP contribution in [0.5, 0.6) is 11.5 Å². The van der Waals surface area contributed by atoms with Crippen LogP contribution < -0.4 is 30.9 Å². The fraction of sp³-hybridized carbons (Fsp3) is 0.440. The molecule has 3 heterocycles. The average molecular weight is 551 g/mol. The highest BCUT2D eigenvalue weighted by atomic mass is 19.4. The molecule has 1 aromatic carbocycles. The number of rotatable bonds is 6. The van der Waals surface area contributed by atoms with E-state index >= 15 is 0 Å². The molecule has 1 aliphatic rings. The monoisotopic (exact) mass is 550 g/mol. The molecule has 2 aromatic heterocycles. The maximum Gasteiger partial charge on any atom is 0.573 e. The average Bonchev–Trinajstić information content (AvgIpc) is 2.85. The Bertz CT molecular complexity index is 1380. The molecule has 1 amide bonds. The minimum Gasteiger partial charge on any atom is -0.490 e. The van der Waals surface area contributed by atoms with Crippen molar-refractivity contribution >= 4 is 28.8 Å². The number of nitrogens with one attached hydrogen (secondary N) is 2. The maximum atomic E-state index is 12.6. The summed E-state index contributed by atoms with van der Waals surface area (Å²) >= 11 is 0. The number of hydrogen-bond donors (Lipinski definition) is 2. The molecular weight excluding hydrogens is 521 g/mol. The first kappa shape index (κ1) is 27.8. The van der Waals surface area contributed by atoms with Crippen molar-refractivity contribution in [3.63, 3.8) is 0 Å². The van der Waals surface area contributed by atoms with Gasteiger partial charge in [-0.3, -0.25) is 9.99 Å². The number of hydrogen-bond acceptors (Lipinski definition) is 9. The van der Waals surface area contributed by atoms with Crippen LogP contribution in [0.1, 0.15) is 33.6 Å². The molecule has 0 radical (unpaired) electrons. The van der Waals surface area contributed by atoms with Gasteiger partial charge in [-0.05, 0) is 57.2 Å². The van der Waals surface area contributed by atoms with Crippen LogP contribution >= 0.6 is 0 Å². The summed E-state index contributed by atoms with van der Waals surface area (Å²) in [5, 5.41) is 0. The Labute approximate surface area is 221 Å². The van der Waals surface area contributed by atoms with Crippen molar-refractivity contribution in [2.45, 2.75) is 51.7 Å². The summed E-state index contributed by atoms with van der Waals surface area (Å²) in [4.78, 5) is 35.3. The Morgan fingerprint density at radius 1 is 1.00 bits per heavy atom. The highest BCUT2D eigenvalue weighted by Crippen LogP contribution is 2.29. The molecular formula is C25H29F3N6O5. The lowest BCUT2D eigenvalue weighted by Gasteiger charge is -2.33. The zero-order chi connectivity index (χ0) is 28.4. The molecule has 0 atom stereocenters. The number of aromatic nitrogens is 3. The van der Waals surface area contributed by atoms with Crippen molar-refractivity contribution in [3.8, 4) is 11.5 Å². The van der Waals surface area contributed by atoms with E-state index in [1.165, 1.54) is 28.8 Å². The quantitative estimate of drug-likeness (QED) is 0.437. The van der Waals surface area contributed by atoms with Gasteiger partial charge in [0.05, 0.1) is 5.52 Å². The predicted octanol–water partition coefficient (Wildman–Crippen LogP) is 4.13. The summed E-state index contributed by atoms with van der Waals surface area (Å²) in [5.74, 6) is 0.832. The van der Waals surface area contributed by atoms with Crippen LogP contribution in [0.4, 0.5) is 29.6 Å². The number of ether oxygens (including phenoxy) is 3. The summed E-state index contributed by atoms with van der Waals surface area (Å²) in [5.41, 5.74) is 5.07. The normalized spacial score (nSPS) is 14.7. The van der Waals surface area contributed by atoms with E-state index in [9.17, 15) is 22.8 Å². The topological polar surface area (TPSA) is 120 Å². The summed E-state index contributed by atoms with van der Waals surface area (Å²) < 4.78 is 53.5. The Morgan fingerprint density at radius 3 is 2.26 bits per heavy atom. The second kappa shape index (κ2) is 10.9. The standard InChI is InChI=1S/C25H29F3N6O5/c1-24(2,3)39-23(36)32-31-19-10-9-18-20(29-19)21(30-22(35)33(18)4)34-13-11-16(12-14-34)37-15-5-7-17(8-6-15)38-25(26,27)28/h5-10,16H,11-14H2,1-4H3,(H,29,31)(H,32,36). The van der Waals surface area contributed by atoms with Crippen LogP contribution in [0.15, 0.2) is 41.2 Å². The third-order valence-corrected chi connectivity index (χ3v) is 5.73. The number of carbonyl (C=O) groups is 1. The second-order valence-electron chi connectivity index (χ2n) is 9.92. The predicted molar refractivity (Wildman–Crippen MR) is 137 cm³/mol. The number of fused-ring (bicyclic) bond motifs is 1. The zero-order valence-corrected chi connectivity index (χ0v) is 21.8. The number of alkyl halides is 3. The molecule has 210 valence electrons. The molecule has 1 fully saturated rings. The lowest BCUT2D eigenvalue weighted by molar-refractivity contribution is -0.274. The Morgan fingerprint density at radius 2 is 1.64 bits per heavy atom. The van der Waals surface area contributed by atoms with Gasteiger partial charge in [0.25, 0.3) is 0 Å². The summed E-state index contributed by atoms with van der Waals surface area (Å²) in [6.45, 7) is 6.25. The first-order chi connectivity index (χ1) is 18.3. The second-order valence-corrected chi connectivity index (χ2v) is 9.92. The molecule has 0 aliphatic carbocycles. The van der Waals surface area contributed by atoms with E-state index in [1.807, 2.05) is 4.90 Å². The van der Waals surface area contributed by atoms with E-state index in [-0.39, 0.29) is 11.9 Å². The van der Waals surface area contributed by atoms with Gasteiger partial charge >= 0.3 is 18.1 Å². The molecule has 0 unspecified atom stereocenters. The van der Waals surface area contributed by atoms with E-state index in [1.54, 1.807) is 40.0 Å². The first-order valence-corrected chi connectivity index (χ1v) is 12.2. The number of pyridine rings is 1. The molecule has 0 bridgehead atoms. The number of anilines is 2. The highest BCUT2D eigenvalue weighted by Gasteiger charge is 2.31. The summed E-state index contributed by atoms with van der Waals surface area (Å²) in [6.07, 6.45) is -4.45. The van der Waals surface area contributed by atoms with E-state index in [2.05, 4.69) is 25.6 Å². The van der Waals surface area contributed by atoms with Crippen molar-refractivity contribution in [1.82, 2.24) is 20.0 Å². The maximum absolute atomic E-state index is 12.6.